The number of hydrogen-bond donors (Lipinski definition) is 3. The van der Waals surface area contributed by atoms with E-state index in [2.05, 4.69) is 27.9 Å². The van der Waals surface area contributed by atoms with E-state index in [0.29, 0.717) is 17.7 Å². The number of carbonyl (C=O) groups is 1. The third kappa shape index (κ3) is 3.24. The molecule has 1 saturated heterocycles. The number of aromatic nitrogens is 3. The summed E-state index contributed by atoms with van der Waals surface area (Å²) in [6, 6.07) is 0.295. The van der Waals surface area contributed by atoms with E-state index >= 15 is 0 Å². The van der Waals surface area contributed by atoms with Gasteiger partial charge in [-0.05, 0) is 31.6 Å². The van der Waals surface area contributed by atoms with Crippen LogP contribution in [-0.2, 0) is 0 Å². The van der Waals surface area contributed by atoms with Gasteiger partial charge in [0.15, 0.2) is 5.69 Å². The van der Waals surface area contributed by atoms with Crippen LogP contribution in [0.4, 0.5) is 0 Å². The van der Waals surface area contributed by atoms with E-state index in [0.717, 1.165) is 38.8 Å². The lowest BCUT2D eigenvalue weighted by atomic mass is 9.79. The van der Waals surface area contributed by atoms with E-state index in [1.165, 1.54) is 0 Å². The normalized spacial score (nSPS) is 29.9. The fraction of sp³-hybridized carbons (Fsp3) is 0.786. The Morgan fingerprint density at radius 2 is 2.24 bits per heavy atom. The summed E-state index contributed by atoms with van der Waals surface area (Å²) in [5, 5.41) is 24.3. The van der Waals surface area contributed by atoms with Crippen LogP contribution in [0.2, 0.25) is 0 Å². The largest absolute Gasteiger partial charge is 0.388 e. The van der Waals surface area contributed by atoms with Gasteiger partial charge in [0, 0.05) is 19.6 Å². The zero-order valence-electron chi connectivity index (χ0n) is 12.4. The Kier molecular flexibility index (Phi) is 3.95. The highest BCUT2D eigenvalue weighted by atomic mass is 16.3. The van der Waals surface area contributed by atoms with Crippen LogP contribution in [0.25, 0.3) is 0 Å². The lowest BCUT2D eigenvalue weighted by Crippen LogP contribution is -2.45. The summed E-state index contributed by atoms with van der Waals surface area (Å²) in [7, 11) is 0. The topological polar surface area (TPSA) is 92.1 Å². The molecule has 3 rings (SSSR count). The van der Waals surface area contributed by atoms with Crippen molar-refractivity contribution in [2.45, 2.75) is 44.2 Å². The predicted molar refractivity (Wildman–Crippen MR) is 76.8 cm³/mol. The summed E-state index contributed by atoms with van der Waals surface area (Å²) in [6.45, 7) is 4.22. The molecule has 1 amide bonds. The minimum Gasteiger partial charge on any atom is -0.388 e. The third-order valence-electron chi connectivity index (χ3n) is 4.66. The number of hydrogen-bond acceptors (Lipinski definition) is 5. The van der Waals surface area contributed by atoms with E-state index in [4.69, 9.17) is 0 Å². The Hall–Kier alpha value is -1.47. The van der Waals surface area contributed by atoms with Gasteiger partial charge < -0.3 is 15.7 Å². The summed E-state index contributed by atoms with van der Waals surface area (Å²) in [4.78, 5) is 12.1. The van der Waals surface area contributed by atoms with Crippen LogP contribution < -0.4 is 10.6 Å². The van der Waals surface area contributed by atoms with Crippen LogP contribution in [0.3, 0.4) is 0 Å². The lowest BCUT2D eigenvalue weighted by molar-refractivity contribution is -0.00543. The third-order valence-corrected chi connectivity index (χ3v) is 4.66. The van der Waals surface area contributed by atoms with Gasteiger partial charge in [0.2, 0.25) is 0 Å². The first-order chi connectivity index (χ1) is 10.1. The second kappa shape index (κ2) is 5.73. The van der Waals surface area contributed by atoms with Crippen molar-refractivity contribution in [1.29, 1.82) is 0 Å². The zero-order valence-corrected chi connectivity index (χ0v) is 12.4. The molecular formula is C14H23N5O2. The first kappa shape index (κ1) is 14.5. The van der Waals surface area contributed by atoms with Crippen molar-refractivity contribution in [3.05, 3.63) is 11.9 Å². The maximum atomic E-state index is 12.1. The van der Waals surface area contributed by atoms with Crippen molar-refractivity contribution in [2.75, 3.05) is 19.6 Å². The van der Waals surface area contributed by atoms with Crippen molar-refractivity contribution in [2.24, 2.45) is 5.92 Å². The number of nitrogens with one attached hydrogen (secondary N) is 2. The summed E-state index contributed by atoms with van der Waals surface area (Å²) in [5.41, 5.74) is -0.453. The molecule has 0 bridgehead atoms. The van der Waals surface area contributed by atoms with Gasteiger partial charge in [-0.1, -0.05) is 12.1 Å². The molecule has 0 spiro atoms. The van der Waals surface area contributed by atoms with Gasteiger partial charge in [0.25, 0.3) is 5.91 Å². The molecule has 2 heterocycles. The Morgan fingerprint density at radius 1 is 1.52 bits per heavy atom. The molecule has 1 aromatic heterocycles. The van der Waals surface area contributed by atoms with E-state index in [-0.39, 0.29) is 12.5 Å². The minimum atomic E-state index is -0.768. The van der Waals surface area contributed by atoms with Crippen LogP contribution in [0, 0.1) is 5.92 Å². The molecule has 7 heteroatoms. The van der Waals surface area contributed by atoms with Crippen molar-refractivity contribution >= 4 is 5.91 Å². The van der Waals surface area contributed by atoms with Crippen molar-refractivity contribution < 1.29 is 9.90 Å². The second-order valence-corrected chi connectivity index (χ2v) is 6.49. The molecule has 0 unspecified atom stereocenters. The number of nitrogens with zero attached hydrogens (tertiary/aromatic N) is 3. The molecule has 0 aromatic carbocycles. The van der Waals surface area contributed by atoms with Crippen LogP contribution >= 0.6 is 0 Å². The molecule has 21 heavy (non-hydrogen) atoms. The van der Waals surface area contributed by atoms with Gasteiger partial charge in [-0.3, -0.25) is 4.79 Å². The second-order valence-electron chi connectivity index (χ2n) is 6.49. The highest BCUT2D eigenvalue weighted by Crippen LogP contribution is 2.31. The molecule has 1 saturated carbocycles. The monoisotopic (exact) mass is 293 g/mol. The van der Waals surface area contributed by atoms with Gasteiger partial charge >= 0.3 is 0 Å². The van der Waals surface area contributed by atoms with E-state index < -0.39 is 5.60 Å². The number of carbonyl (C=O) groups excluding carboxylic acids is 1. The Balaban J connectivity index is 1.52. The van der Waals surface area contributed by atoms with Gasteiger partial charge in [0.05, 0.1) is 17.8 Å². The molecular weight excluding hydrogens is 270 g/mol. The molecule has 3 N–H and O–H groups in total. The van der Waals surface area contributed by atoms with Gasteiger partial charge in [0.1, 0.15) is 0 Å². The SMILES string of the molecule is CC1CCC(O)(CNC(=O)c2cn(C3CNC3)nn2)CC1. The first-order valence-electron chi connectivity index (χ1n) is 7.69. The molecule has 2 aliphatic rings. The summed E-state index contributed by atoms with van der Waals surface area (Å²) < 4.78 is 1.72. The highest BCUT2D eigenvalue weighted by Gasteiger charge is 2.32. The molecule has 1 aliphatic carbocycles. The van der Waals surface area contributed by atoms with E-state index in [1.807, 2.05) is 0 Å². The molecule has 1 aliphatic heterocycles. The van der Waals surface area contributed by atoms with E-state index in [9.17, 15) is 9.90 Å². The summed E-state index contributed by atoms with van der Waals surface area (Å²) in [6.07, 6.45) is 5.19. The summed E-state index contributed by atoms with van der Waals surface area (Å²) in [5.74, 6) is 0.401. The van der Waals surface area contributed by atoms with Gasteiger partial charge in [-0.25, -0.2) is 4.68 Å². The van der Waals surface area contributed by atoms with Crippen LogP contribution in [0.1, 0.15) is 49.1 Å². The summed E-state index contributed by atoms with van der Waals surface area (Å²) >= 11 is 0. The Labute approximate surface area is 124 Å². The predicted octanol–water partition coefficient (Wildman–Crippen LogP) is 0.0934. The Morgan fingerprint density at radius 3 is 2.86 bits per heavy atom. The maximum Gasteiger partial charge on any atom is 0.273 e. The molecule has 0 radical (unpaired) electrons. The lowest BCUT2D eigenvalue weighted by Gasteiger charge is -2.34. The number of amides is 1. The standard InChI is InChI=1S/C14H23N5O2/c1-10-2-4-14(21,5-3-10)9-16-13(20)12-8-19(18-17-12)11-6-15-7-11/h8,10-11,15,21H,2-7,9H2,1H3,(H,16,20). The minimum absolute atomic E-state index is 0.263. The molecule has 1 aromatic rings. The zero-order chi connectivity index (χ0) is 14.9. The van der Waals surface area contributed by atoms with Crippen LogP contribution in [-0.4, -0.2) is 51.2 Å². The Bertz CT molecular complexity index is 503. The molecule has 0 atom stereocenters. The first-order valence-corrected chi connectivity index (χ1v) is 7.69. The van der Waals surface area contributed by atoms with Crippen molar-refractivity contribution in [3.63, 3.8) is 0 Å². The average Bonchev–Trinajstić information content (AvgIpc) is 2.87. The van der Waals surface area contributed by atoms with Crippen molar-refractivity contribution in [3.8, 4) is 0 Å². The number of aliphatic hydroxyl groups is 1. The molecule has 7 nitrogen and oxygen atoms in total. The average molecular weight is 293 g/mol. The van der Waals surface area contributed by atoms with E-state index in [1.54, 1.807) is 10.9 Å². The van der Waals surface area contributed by atoms with Gasteiger partial charge in [-0.2, -0.15) is 0 Å². The fourth-order valence-electron chi connectivity index (χ4n) is 2.83. The highest BCUT2D eigenvalue weighted by molar-refractivity contribution is 5.91. The maximum absolute atomic E-state index is 12.1. The fourth-order valence-corrected chi connectivity index (χ4v) is 2.83. The number of rotatable bonds is 4. The van der Waals surface area contributed by atoms with Crippen molar-refractivity contribution in [1.82, 2.24) is 25.6 Å². The smallest absolute Gasteiger partial charge is 0.273 e. The molecule has 2 fully saturated rings. The van der Waals surface area contributed by atoms with Crippen LogP contribution in [0.15, 0.2) is 6.20 Å². The van der Waals surface area contributed by atoms with Gasteiger partial charge in [-0.15, -0.1) is 5.10 Å². The molecule has 116 valence electrons. The van der Waals surface area contributed by atoms with Crippen LogP contribution in [0.5, 0.6) is 0 Å². The quantitative estimate of drug-likeness (QED) is 0.732.